The highest BCUT2D eigenvalue weighted by Gasteiger charge is 2.19. The van der Waals surface area contributed by atoms with Crippen LogP contribution in [0.2, 0.25) is 0 Å². The van der Waals surface area contributed by atoms with Crippen LogP contribution in [0.25, 0.3) is 0 Å². The van der Waals surface area contributed by atoms with Crippen molar-refractivity contribution >= 4 is 33.4 Å². The van der Waals surface area contributed by atoms with Gasteiger partial charge in [-0.1, -0.05) is 18.2 Å². The number of rotatable bonds is 11. The molecule has 1 aromatic heterocycles. The molecule has 0 aliphatic heterocycles. The summed E-state index contributed by atoms with van der Waals surface area (Å²) in [6.07, 6.45) is 1.10. The first-order chi connectivity index (χ1) is 17.3. The van der Waals surface area contributed by atoms with Crippen molar-refractivity contribution in [2.75, 3.05) is 32.2 Å². The highest BCUT2D eigenvalue weighted by atomic mass is 32.2. The van der Waals surface area contributed by atoms with Crippen LogP contribution in [0.4, 0.5) is 5.69 Å². The van der Waals surface area contributed by atoms with Gasteiger partial charge in [0.1, 0.15) is 11.4 Å². The lowest BCUT2D eigenvalue weighted by Crippen LogP contribution is -2.31. The van der Waals surface area contributed by atoms with Crippen molar-refractivity contribution in [2.45, 2.75) is 4.90 Å². The van der Waals surface area contributed by atoms with Crippen molar-refractivity contribution < 1.29 is 32.3 Å². The van der Waals surface area contributed by atoms with E-state index in [4.69, 9.17) is 9.47 Å². The van der Waals surface area contributed by atoms with Crippen LogP contribution in [0.1, 0.15) is 20.8 Å². The Balaban J connectivity index is 1.55. The summed E-state index contributed by atoms with van der Waals surface area (Å²) in [6, 6.07) is 16.7. The number of para-hydroxylation sites is 1. The quantitative estimate of drug-likeness (QED) is 0.328. The molecule has 0 atom stereocenters. The number of methoxy groups -OCH3 is 1. The van der Waals surface area contributed by atoms with E-state index in [0.29, 0.717) is 24.6 Å². The summed E-state index contributed by atoms with van der Waals surface area (Å²) < 4.78 is 37.3. The summed E-state index contributed by atoms with van der Waals surface area (Å²) in [5, 5.41) is 5.18. The van der Waals surface area contributed by atoms with E-state index >= 15 is 0 Å². The molecule has 1 heterocycles. The number of anilines is 1. The maximum atomic E-state index is 12.6. The molecule has 0 unspecified atom stereocenters. The lowest BCUT2D eigenvalue weighted by Gasteiger charge is -2.10. The third-order valence-electron chi connectivity index (χ3n) is 4.64. The Labute approximate surface area is 207 Å². The third-order valence-corrected chi connectivity index (χ3v) is 5.99. The SMILES string of the molecule is COCCNC(=O)c1ccc(C(=O)NS(=O)(=O)c2ccc(NC(=O)COc3ccccc3)cc2)cn1. The molecule has 0 saturated heterocycles. The molecule has 12 heteroatoms. The van der Waals surface area contributed by atoms with Crippen LogP contribution in [0.3, 0.4) is 0 Å². The second-order valence-electron chi connectivity index (χ2n) is 7.29. The Morgan fingerprint density at radius 2 is 1.64 bits per heavy atom. The average molecular weight is 513 g/mol. The lowest BCUT2D eigenvalue weighted by atomic mass is 10.2. The molecule has 3 rings (SSSR count). The molecule has 0 aliphatic rings. The number of nitrogens with zero attached hydrogens (tertiary/aromatic N) is 1. The van der Waals surface area contributed by atoms with Gasteiger partial charge in [0.05, 0.1) is 17.1 Å². The summed E-state index contributed by atoms with van der Waals surface area (Å²) in [6.45, 7) is 0.406. The molecule has 188 valence electrons. The Hall–Kier alpha value is -4.29. The molecule has 0 bridgehead atoms. The van der Waals surface area contributed by atoms with Crippen LogP contribution >= 0.6 is 0 Å². The highest BCUT2D eigenvalue weighted by molar-refractivity contribution is 7.90. The fourth-order valence-electron chi connectivity index (χ4n) is 2.84. The second kappa shape index (κ2) is 12.4. The molecule has 0 fully saturated rings. The molecule has 0 aliphatic carbocycles. The minimum Gasteiger partial charge on any atom is -0.484 e. The zero-order valence-electron chi connectivity index (χ0n) is 19.3. The Bertz CT molecular complexity index is 1300. The summed E-state index contributed by atoms with van der Waals surface area (Å²) in [5.41, 5.74) is 0.372. The maximum absolute atomic E-state index is 12.6. The van der Waals surface area contributed by atoms with E-state index in [1.807, 2.05) is 10.8 Å². The standard InChI is InChI=1S/C24H24N4O7S/c1-34-14-13-25-24(31)21-12-7-17(15-26-21)23(30)28-36(32,33)20-10-8-18(9-11-20)27-22(29)16-35-19-5-3-2-4-6-19/h2-12,15H,13-14,16H2,1H3,(H,25,31)(H,27,29)(H,28,30). The minimum absolute atomic E-state index is 0.0469. The first kappa shape index (κ1) is 26.3. The monoisotopic (exact) mass is 512 g/mol. The number of benzene rings is 2. The third kappa shape index (κ3) is 7.61. The van der Waals surface area contributed by atoms with Crippen LogP contribution in [0.15, 0.2) is 77.8 Å². The molecule has 3 aromatic rings. The smallest absolute Gasteiger partial charge is 0.269 e. The molecule has 11 nitrogen and oxygen atoms in total. The number of amides is 3. The van der Waals surface area contributed by atoms with Gasteiger partial charge in [-0.05, 0) is 48.5 Å². The van der Waals surface area contributed by atoms with Gasteiger partial charge in [-0.25, -0.2) is 13.1 Å². The number of ether oxygens (including phenoxy) is 2. The van der Waals surface area contributed by atoms with Gasteiger partial charge in [0, 0.05) is 25.5 Å². The molecule has 2 aromatic carbocycles. The summed E-state index contributed by atoms with van der Waals surface area (Å²) in [5.74, 6) is -1.25. The molecular weight excluding hydrogens is 488 g/mol. The number of pyridine rings is 1. The number of hydrogen-bond acceptors (Lipinski definition) is 8. The predicted molar refractivity (Wildman–Crippen MR) is 130 cm³/mol. The van der Waals surface area contributed by atoms with Crippen LogP contribution < -0.4 is 20.1 Å². The zero-order chi connectivity index (χ0) is 26.0. The van der Waals surface area contributed by atoms with Gasteiger partial charge in [-0.2, -0.15) is 0 Å². The van der Waals surface area contributed by atoms with Crippen LogP contribution in [0.5, 0.6) is 5.75 Å². The second-order valence-corrected chi connectivity index (χ2v) is 8.97. The summed E-state index contributed by atoms with van der Waals surface area (Å²) in [4.78, 5) is 40.1. The van der Waals surface area contributed by atoms with Crippen molar-refractivity contribution in [3.05, 3.63) is 84.2 Å². The van der Waals surface area contributed by atoms with E-state index in [2.05, 4.69) is 15.6 Å². The fourth-order valence-corrected chi connectivity index (χ4v) is 3.81. The van der Waals surface area contributed by atoms with Crippen molar-refractivity contribution in [2.24, 2.45) is 0 Å². The number of carbonyl (C=O) groups excluding carboxylic acids is 3. The fraction of sp³-hybridized carbons (Fsp3) is 0.167. The van der Waals surface area contributed by atoms with Crippen LogP contribution in [-0.4, -0.2) is 58.0 Å². The number of carbonyl (C=O) groups is 3. The highest BCUT2D eigenvalue weighted by Crippen LogP contribution is 2.15. The van der Waals surface area contributed by atoms with E-state index < -0.39 is 27.7 Å². The Morgan fingerprint density at radius 3 is 2.28 bits per heavy atom. The minimum atomic E-state index is -4.20. The van der Waals surface area contributed by atoms with Gasteiger partial charge in [-0.3, -0.25) is 19.4 Å². The molecule has 0 saturated carbocycles. The van der Waals surface area contributed by atoms with Gasteiger partial charge in [0.25, 0.3) is 27.7 Å². The van der Waals surface area contributed by atoms with Gasteiger partial charge in [0.15, 0.2) is 6.61 Å². The lowest BCUT2D eigenvalue weighted by molar-refractivity contribution is -0.118. The molecule has 3 N–H and O–H groups in total. The van der Waals surface area contributed by atoms with Crippen molar-refractivity contribution in [3.8, 4) is 5.75 Å². The molecular formula is C24H24N4O7S. The van der Waals surface area contributed by atoms with Gasteiger partial charge >= 0.3 is 0 Å². The molecule has 0 radical (unpaired) electrons. The molecule has 0 spiro atoms. The van der Waals surface area contributed by atoms with Crippen molar-refractivity contribution in [3.63, 3.8) is 0 Å². The number of aromatic nitrogens is 1. The number of hydrogen-bond donors (Lipinski definition) is 3. The van der Waals surface area contributed by atoms with E-state index in [0.717, 1.165) is 6.20 Å². The normalized spacial score (nSPS) is 10.8. The Morgan fingerprint density at radius 1 is 0.917 bits per heavy atom. The zero-order valence-corrected chi connectivity index (χ0v) is 20.1. The molecule has 36 heavy (non-hydrogen) atoms. The van der Waals surface area contributed by atoms with Gasteiger partial charge < -0.3 is 20.1 Å². The maximum Gasteiger partial charge on any atom is 0.269 e. The van der Waals surface area contributed by atoms with E-state index in [1.165, 1.54) is 43.5 Å². The predicted octanol–water partition coefficient (Wildman–Crippen LogP) is 1.59. The topological polar surface area (TPSA) is 153 Å². The first-order valence-corrected chi connectivity index (χ1v) is 12.1. The van der Waals surface area contributed by atoms with Gasteiger partial charge in [-0.15, -0.1) is 0 Å². The Kier molecular flexibility index (Phi) is 9.08. The van der Waals surface area contributed by atoms with E-state index in [1.54, 1.807) is 24.3 Å². The number of sulfonamides is 1. The van der Waals surface area contributed by atoms with Crippen LogP contribution in [-0.2, 0) is 19.6 Å². The largest absolute Gasteiger partial charge is 0.484 e. The van der Waals surface area contributed by atoms with Crippen LogP contribution in [0, 0.1) is 0 Å². The first-order valence-electron chi connectivity index (χ1n) is 10.7. The number of nitrogens with one attached hydrogen (secondary N) is 3. The van der Waals surface area contributed by atoms with E-state index in [9.17, 15) is 22.8 Å². The summed E-state index contributed by atoms with van der Waals surface area (Å²) >= 11 is 0. The molecule has 3 amide bonds. The summed E-state index contributed by atoms with van der Waals surface area (Å²) in [7, 11) is -2.70. The van der Waals surface area contributed by atoms with Crippen molar-refractivity contribution in [1.82, 2.24) is 15.0 Å². The average Bonchev–Trinajstić information content (AvgIpc) is 2.88. The van der Waals surface area contributed by atoms with Crippen molar-refractivity contribution in [1.29, 1.82) is 0 Å². The van der Waals surface area contributed by atoms with E-state index in [-0.39, 0.29) is 22.8 Å². The van der Waals surface area contributed by atoms with Gasteiger partial charge in [0.2, 0.25) is 0 Å².